The third kappa shape index (κ3) is 2.69. The molecule has 3 rings (SSSR count). The molecule has 0 saturated heterocycles. The summed E-state index contributed by atoms with van der Waals surface area (Å²) in [6.07, 6.45) is 3.97. The minimum absolute atomic E-state index is 0.344. The fourth-order valence-electron chi connectivity index (χ4n) is 2.11. The topological polar surface area (TPSA) is 85.8 Å². The molecule has 0 amide bonds. The maximum absolute atomic E-state index is 4.49. The van der Waals surface area contributed by atoms with E-state index in [1.807, 2.05) is 13.1 Å². The van der Waals surface area contributed by atoms with Gasteiger partial charge in [-0.2, -0.15) is 14.7 Å². The van der Waals surface area contributed by atoms with Crippen molar-refractivity contribution in [2.75, 3.05) is 11.9 Å². The number of aryl methyl sites for hydroxylation is 1. The van der Waals surface area contributed by atoms with Gasteiger partial charge in [-0.3, -0.25) is 4.68 Å². The highest BCUT2D eigenvalue weighted by Crippen LogP contribution is 2.19. The molecule has 21 heavy (non-hydrogen) atoms. The quantitative estimate of drug-likeness (QED) is 0.754. The van der Waals surface area contributed by atoms with E-state index < -0.39 is 0 Å². The van der Waals surface area contributed by atoms with Gasteiger partial charge in [0.1, 0.15) is 18.5 Å². The Morgan fingerprint density at radius 3 is 2.90 bits per heavy atom. The average molecular weight is 286 g/mol. The first-order chi connectivity index (χ1) is 10.1. The van der Waals surface area contributed by atoms with Crippen LogP contribution in [0.1, 0.15) is 31.3 Å². The Kier molecular flexibility index (Phi) is 3.51. The van der Waals surface area contributed by atoms with Gasteiger partial charge in [0.05, 0.1) is 11.4 Å². The standard InChI is InChI=1S/C13H18N8/c1-9(2)10-6-11(13-18-16-8-21(13)19-10)14-5-4-12-15-7-17-20(12)3/h6-9,14H,4-5H2,1-3H3. The van der Waals surface area contributed by atoms with E-state index in [1.54, 1.807) is 21.9 Å². The molecule has 0 saturated carbocycles. The second-order valence-corrected chi connectivity index (χ2v) is 5.21. The second-order valence-electron chi connectivity index (χ2n) is 5.21. The number of aromatic nitrogens is 7. The van der Waals surface area contributed by atoms with Gasteiger partial charge in [0.25, 0.3) is 0 Å². The van der Waals surface area contributed by atoms with Gasteiger partial charge < -0.3 is 5.32 Å². The smallest absolute Gasteiger partial charge is 0.200 e. The predicted molar refractivity (Wildman–Crippen MR) is 78.1 cm³/mol. The molecule has 0 atom stereocenters. The molecule has 1 N–H and O–H groups in total. The highest BCUT2D eigenvalue weighted by atomic mass is 15.3. The summed E-state index contributed by atoms with van der Waals surface area (Å²) in [6, 6.07) is 2.03. The molecule has 3 aromatic heterocycles. The van der Waals surface area contributed by atoms with Gasteiger partial charge in [0.2, 0.25) is 5.65 Å². The Hall–Kier alpha value is -2.51. The van der Waals surface area contributed by atoms with Crippen molar-refractivity contribution in [3.05, 3.63) is 30.2 Å². The number of nitrogens with one attached hydrogen (secondary N) is 1. The molecule has 3 aromatic rings. The number of anilines is 1. The zero-order valence-electron chi connectivity index (χ0n) is 12.4. The highest BCUT2D eigenvalue weighted by molar-refractivity contribution is 5.66. The van der Waals surface area contributed by atoms with Crippen molar-refractivity contribution in [1.82, 2.24) is 34.6 Å². The first-order valence-corrected chi connectivity index (χ1v) is 6.93. The summed E-state index contributed by atoms with van der Waals surface area (Å²) < 4.78 is 3.49. The van der Waals surface area contributed by atoms with E-state index in [9.17, 15) is 0 Å². The Bertz CT molecular complexity index is 742. The molecule has 8 nitrogen and oxygen atoms in total. The van der Waals surface area contributed by atoms with E-state index in [-0.39, 0.29) is 0 Å². The lowest BCUT2D eigenvalue weighted by Crippen LogP contribution is -2.11. The van der Waals surface area contributed by atoms with Gasteiger partial charge in [0, 0.05) is 20.0 Å². The minimum Gasteiger partial charge on any atom is -0.381 e. The molecule has 0 spiro atoms. The van der Waals surface area contributed by atoms with Crippen molar-refractivity contribution in [3.8, 4) is 0 Å². The van der Waals surface area contributed by atoms with Crippen molar-refractivity contribution >= 4 is 11.3 Å². The lowest BCUT2D eigenvalue weighted by molar-refractivity contribution is 0.701. The molecule has 0 fully saturated rings. The van der Waals surface area contributed by atoms with Crippen molar-refractivity contribution in [2.24, 2.45) is 7.05 Å². The van der Waals surface area contributed by atoms with E-state index in [0.29, 0.717) is 5.92 Å². The lowest BCUT2D eigenvalue weighted by atomic mass is 10.1. The molecular weight excluding hydrogens is 268 g/mol. The van der Waals surface area contributed by atoms with E-state index in [1.165, 1.54) is 0 Å². The number of fused-ring (bicyclic) bond motifs is 1. The van der Waals surface area contributed by atoms with E-state index in [0.717, 1.165) is 35.8 Å². The first-order valence-electron chi connectivity index (χ1n) is 6.93. The molecule has 0 aliphatic heterocycles. The summed E-state index contributed by atoms with van der Waals surface area (Å²) >= 11 is 0. The number of hydrogen-bond donors (Lipinski definition) is 1. The minimum atomic E-state index is 0.344. The Labute approximate surface area is 122 Å². The highest BCUT2D eigenvalue weighted by Gasteiger charge is 2.10. The Morgan fingerprint density at radius 1 is 1.33 bits per heavy atom. The van der Waals surface area contributed by atoms with Gasteiger partial charge in [-0.15, -0.1) is 10.2 Å². The van der Waals surface area contributed by atoms with Crippen LogP contribution < -0.4 is 5.32 Å². The monoisotopic (exact) mass is 286 g/mol. The lowest BCUT2D eigenvalue weighted by Gasteiger charge is -2.10. The molecular formula is C13H18N8. The molecule has 8 heteroatoms. The molecule has 3 heterocycles. The van der Waals surface area contributed by atoms with Crippen molar-refractivity contribution in [3.63, 3.8) is 0 Å². The Balaban J connectivity index is 1.79. The summed E-state index contributed by atoms with van der Waals surface area (Å²) in [4.78, 5) is 4.21. The third-order valence-electron chi connectivity index (χ3n) is 3.35. The van der Waals surface area contributed by atoms with Crippen LogP contribution in [0, 0.1) is 0 Å². The van der Waals surface area contributed by atoms with Crippen LogP contribution in [0.25, 0.3) is 5.65 Å². The number of hydrogen-bond acceptors (Lipinski definition) is 6. The van der Waals surface area contributed by atoms with Crippen molar-refractivity contribution in [1.29, 1.82) is 0 Å². The number of nitrogens with zero attached hydrogens (tertiary/aromatic N) is 7. The largest absolute Gasteiger partial charge is 0.381 e. The second kappa shape index (κ2) is 5.47. The summed E-state index contributed by atoms with van der Waals surface area (Å²) in [5.41, 5.74) is 2.68. The third-order valence-corrected chi connectivity index (χ3v) is 3.35. The van der Waals surface area contributed by atoms with Crippen molar-refractivity contribution < 1.29 is 0 Å². The van der Waals surface area contributed by atoms with Crippen LogP contribution in [0.5, 0.6) is 0 Å². The average Bonchev–Trinajstić information content (AvgIpc) is 3.07. The summed E-state index contributed by atoms with van der Waals surface area (Å²) in [5.74, 6) is 1.29. The van der Waals surface area contributed by atoms with Crippen LogP contribution in [0.2, 0.25) is 0 Å². The fraction of sp³-hybridized carbons (Fsp3) is 0.462. The predicted octanol–water partition coefficient (Wildman–Crippen LogP) is 1.03. The van der Waals surface area contributed by atoms with Crippen LogP contribution in [0.15, 0.2) is 18.7 Å². The maximum atomic E-state index is 4.49. The summed E-state index contributed by atoms with van der Waals surface area (Å²) in [6.45, 7) is 4.97. The summed E-state index contributed by atoms with van der Waals surface area (Å²) in [7, 11) is 1.89. The maximum Gasteiger partial charge on any atom is 0.200 e. The van der Waals surface area contributed by atoms with Gasteiger partial charge in [0.15, 0.2) is 0 Å². The van der Waals surface area contributed by atoms with Crippen molar-refractivity contribution in [2.45, 2.75) is 26.2 Å². The first kappa shape index (κ1) is 13.5. The van der Waals surface area contributed by atoms with E-state index in [4.69, 9.17) is 0 Å². The zero-order chi connectivity index (χ0) is 14.8. The number of rotatable bonds is 5. The van der Waals surface area contributed by atoms with Crippen LogP contribution in [-0.2, 0) is 13.5 Å². The van der Waals surface area contributed by atoms with E-state index in [2.05, 4.69) is 44.5 Å². The zero-order valence-corrected chi connectivity index (χ0v) is 12.4. The van der Waals surface area contributed by atoms with E-state index >= 15 is 0 Å². The molecule has 0 aliphatic rings. The van der Waals surface area contributed by atoms with Gasteiger partial charge >= 0.3 is 0 Å². The molecule has 0 aromatic carbocycles. The van der Waals surface area contributed by atoms with Gasteiger partial charge in [-0.05, 0) is 12.0 Å². The Morgan fingerprint density at radius 2 is 2.19 bits per heavy atom. The van der Waals surface area contributed by atoms with Crippen LogP contribution in [-0.4, -0.2) is 41.1 Å². The van der Waals surface area contributed by atoms with Crippen LogP contribution in [0.3, 0.4) is 0 Å². The molecule has 0 aliphatic carbocycles. The SMILES string of the molecule is CC(C)c1cc(NCCc2ncnn2C)c2nncn2n1. The normalized spacial score (nSPS) is 11.4. The van der Waals surface area contributed by atoms with Crippen LogP contribution >= 0.6 is 0 Å². The molecule has 0 unspecified atom stereocenters. The molecule has 0 bridgehead atoms. The molecule has 110 valence electrons. The van der Waals surface area contributed by atoms with Gasteiger partial charge in [-0.25, -0.2) is 4.98 Å². The van der Waals surface area contributed by atoms with Gasteiger partial charge in [-0.1, -0.05) is 13.8 Å². The molecule has 0 radical (unpaired) electrons. The summed E-state index contributed by atoms with van der Waals surface area (Å²) in [5, 5.41) is 20.0. The van der Waals surface area contributed by atoms with Crippen LogP contribution in [0.4, 0.5) is 5.69 Å². The fourth-order valence-corrected chi connectivity index (χ4v) is 2.11.